The number of aromatic nitrogens is 7. The van der Waals surface area contributed by atoms with Crippen molar-refractivity contribution in [2.45, 2.75) is 55.4 Å². The van der Waals surface area contributed by atoms with Gasteiger partial charge in [0, 0.05) is 24.0 Å². The summed E-state index contributed by atoms with van der Waals surface area (Å²) < 4.78 is 0. The van der Waals surface area contributed by atoms with Crippen molar-refractivity contribution in [3.63, 3.8) is 0 Å². The van der Waals surface area contributed by atoms with Gasteiger partial charge in [0.2, 0.25) is 0 Å². The number of nitrogens with one attached hydrogen (secondary N) is 2. The Labute approximate surface area is 226 Å². The molecule has 8 heteroatoms. The van der Waals surface area contributed by atoms with Gasteiger partial charge in [0.05, 0.1) is 22.9 Å². The molecule has 2 N–H and O–H groups in total. The molecule has 0 atom stereocenters. The number of pyridine rings is 1. The zero-order chi connectivity index (χ0) is 28.0. The van der Waals surface area contributed by atoms with Crippen LogP contribution in [0.4, 0.5) is 0 Å². The molecule has 7 nitrogen and oxygen atoms in total. The number of nitrogens with zero attached hydrogens (tertiary/aromatic N) is 5. The first kappa shape index (κ1) is 35.3. The van der Waals surface area contributed by atoms with Crippen LogP contribution < -0.4 is 0 Å². The van der Waals surface area contributed by atoms with E-state index in [1.807, 2.05) is 127 Å². The molecule has 0 bridgehead atoms. The lowest BCUT2D eigenvalue weighted by Gasteiger charge is -1.81. The average molecular weight is 522 g/mol. The van der Waals surface area contributed by atoms with Gasteiger partial charge < -0.3 is 4.98 Å². The van der Waals surface area contributed by atoms with Crippen molar-refractivity contribution in [2.75, 3.05) is 0 Å². The number of para-hydroxylation sites is 4. The summed E-state index contributed by atoms with van der Waals surface area (Å²) in [5, 5.41) is 12.2. The summed E-state index contributed by atoms with van der Waals surface area (Å²) in [6.07, 6.45) is 6.97. The van der Waals surface area contributed by atoms with Crippen molar-refractivity contribution >= 4 is 33.4 Å². The normalized spacial score (nSPS) is 8.00. The Hall–Kier alpha value is -3.91. The quantitative estimate of drug-likeness (QED) is 0.208. The van der Waals surface area contributed by atoms with E-state index in [2.05, 4.69) is 35.3 Å². The highest BCUT2D eigenvalue weighted by Crippen LogP contribution is 2.05. The first-order valence-electron chi connectivity index (χ1n) is 12.7. The molecule has 0 saturated heterocycles. The summed E-state index contributed by atoms with van der Waals surface area (Å²) in [6, 6.07) is 21.4. The Morgan fingerprint density at radius 2 is 1.11 bits per heavy atom. The molecule has 0 fully saturated rings. The minimum atomic E-state index is 0.914. The van der Waals surface area contributed by atoms with E-state index < -0.39 is 0 Å². The Morgan fingerprint density at radius 1 is 0.568 bits per heavy atom. The molecule has 0 aliphatic carbocycles. The molecule has 4 heterocycles. The molecule has 0 amide bonds. The van der Waals surface area contributed by atoms with Gasteiger partial charge in [0.1, 0.15) is 11.0 Å². The van der Waals surface area contributed by atoms with Gasteiger partial charge >= 0.3 is 0 Å². The molecule has 0 radical (unpaired) electrons. The van der Waals surface area contributed by atoms with E-state index in [0.29, 0.717) is 0 Å². The number of hydrogen-bond acceptors (Lipinski definition) is 6. The van der Waals surface area contributed by atoms with Gasteiger partial charge in [-0.1, -0.05) is 85.7 Å². The van der Waals surface area contributed by atoms with Crippen molar-refractivity contribution in [1.29, 1.82) is 0 Å². The molecular weight excluding hydrogens is 478 g/mol. The van der Waals surface area contributed by atoms with Gasteiger partial charge in [-0.15, -0.1) is 11.3 Å². The Morgan fingerprint density at radius 3 is 1.49 bits per heavy atom. The SMILES string of the molecule is CC.CC.CC.CC.c1ccc2[nH]cnc2c1.c1ccc2n[nH]nc2c1.c1ccncc1.c1cscn1. The number of rotatable bonds is 0. The van der Waals surface area contributed by atoms with Crippen molar-refractivity contribution in [3.05, 3.63) is 103 Å². The molecule has 4 aromatic heterocycles. The van der Waals surface area contributed by atoms with Crippen molar-refractivity contribution < 1.29 is 0 Å². The van der Waals surface area contributed by atoms with Gasteiger partial charge in [0.25, 0.3) is 0 Å². The monoisotopic (exact) mass is 521 g/mol. The third kappa shape index (κ3) is 17.2. The third-order valence-corrected chi connectivity index (χ3v) is 3.99. The van der Waals surface area contributed by atoms with Gasteiger partial charge in [-0.05, 0) is 36.4 Å². The van der Waals surface area contributed by atoms with E-state index in [4.69, 9.17) is 0 Å². The van der Waals surface area contributed by atoms with E-state index in [9.17, 15) is 0 Å². The smallest absolute Gasteiger partial charge is 0.112 e. The Kier molecular flexibility index (Phi) is 27.0. The van der Waals surface area contributed by atoms with Gasteiger partial charge in [-0.3, -0.25) is 9.97 Å². The maximum absolute atomic E-state index is 4.06. The lowest BCUT2D eigenvalue weighted by atomic mass is 10.3. The zero-order valence-electron chi connectivity index (χ0n) is 23.5. The summed E-state index contributed by atoms with van der Waals surface area (Å²) >= 11 is 1.60. The summed E-state index contributed by atoms with van der Waals surface area (Å²) in [6.45, 7) is 16.0. The summed E-state index contributed by atoms with van der Waals surface area (Å²) in [5.74, 6) is 0. The zero-order valence-corrected chi connectivity index (χ0v) is 24.3. The van der Waals surface area contributed by atoms with Crippen LogP contribution in [0.2, 0.25) is 0 Å². The molecule has 6 aromatic rings. The molecule has 0 aliphatic rings. The highest BCUT2D eigenvalue weighted by atomic mass is 32.1. The highest BCUT2D eigenvalue weighted by molar-refractivity contribution is 7.07. The minimum absolute atomic E-state index is 0.914. The predicted molar refractivity (Wildman–Crippen MR) is 162 cm³/mol. The molecular formula is C29H43N7S. The first-order valence-corrected chi connectivity index (χ1v) is 13.7. The van der Waals surface area contributed by atoms with Crippen LogP contribution in [0.25, 0.3) is 22.1 Å². The van der Waals surface area contributed by atoms with Crippen LogP contribution in [0.15, 0.2) is 103 Å². The van der Waals surface area contributed by atoms with Gasteiger partial charge in [0.15, 0.2) is 0 Å². The summed E-state index contributed by atoms with van der Waals surface area (Å²) in [7, 11) is 0. The van der Waals surface area contributed by atoms with Crippen LogP contribution in [-0.2, 0) is 0 Å². The third-order valence-electron chi connectivity index (χ3n) is 3.46. The predicted octanol–water partition coefficient (Wildman–Crippen LogP) is 8.85. The average Bonchev–Trinajstić information content (AvgIpc) is 3.83. The maximum Gasteiger partial charge on any atom is 0.112 e. The molecule has 0 saturated carbocycles. The van der Waals surface area contributed by atoms with Crippen molar-refractivity contribution in [2.24, 2.45) is 0 Å². The van der Waals surface area contributed by atoms with Crippen molar-refractivity contribution in [1.82, 2.24) is 35.3 Å². The van der Waals surface area contributed by atoms with Crippen molar-refractivity contribution in [3.8, 4) is 0 Å². The van der Waals surface area contributed by atoms with Crippen LogP contribution in [0.1, 0.15) is 55.4 Å². The van der Waals surface area contributed by atoms with E-state index in [1.54, 1.807) is 41.8 Å². The fourth-order valence-corrected chi connectivity index (χ4v) is 2.51. The second kappa shape index (κ2) is 28.3. The molecule has 0 aliphatic heterocycles. The fourth-order valence-electron chi connectivity index (χ4n) is 2.15. The van der Waals surface area contributed by atoms with E-state index in [1.165, 1.54) is 0 Å². The Balaban J connectivity index is 0. The van der Waals surface area contributed by atoms with Gasteiger partial charge in [-0.25, -0.2) is 4.98 Å². The van der Waals surface area contributed by atoms with E-state index in [0.717, 1.165) is 22.1 Å². The van der Waals surface area contributed by atoms with E-state index >= 15 is 0 Å². The topological polar surface area (TPSA) is 96.0 Å². The standard InChI is InChI=1S/C7H6N2.C6H5N3.C5H5N.C3H3NS.4C2H6/c1-2-4-7-6(3-1)8-5-9-7;1-2-4-6-5(3-1)7-9-8-6;1-2-4-6-5-3-1;1-2-5-3-4-1;4*1-2/h1-5H,(H,8,9);1-4H,(H,7,8,9);1-5H;1-3H;4*1-2H3. The fraction of sp³-hybridized carbons (Fsp3) is 0.276. The van der Waals surface area contributed by atoms with Gasteiger partial charge in [-0.2, -0.15) is 15.4 Å². The molecule has 37 heavy (non-hydrogen) atoms. The number of hydrogen-bond donors (Lipinski definition) is 2. The maximum atomic E-state index is 4.06. The number of H-pyrrole nitrogens is 2. The molecule has 2 aromatic carbocycles. The molecule has 0 spiro atoms. The number of imidazole rings is 1. The minimum Gasteiger partial charge on any atom is -0.345 e. The molecule has 6 rings (SSSR count). The highest BCUT2D eigenvalue weighted by Gasteiger charge is 1.90. The largest absolute Gasteiger partial charge is 0.345 e. The molecule has 200 valence electrons. The van der Waals surface area contributed by atoms with Crippen LogP contribution in [0.5, 0.6) is 0 Å². The summed E-state index contributed by atoms with van der Waals surface area (Å²) in [5.41, 5.74) is 5.74. The number of fused-ring (bicyclic) bond motifs is 2. The van der Waals surface area contributed by atoms with E-state index in [-0.39, 0.29) is 0 Å². The first-order chi connectivity index (χ1) is 18.4. The second-order valence-corrected chi connectivity index (χ2v) is 6.19. The van der Waals surface area contributed by atoms with Crippen LogP contribution >= 0.6 is 11.3 Å². The summed E-state index contributed by atoms with van der Waals surface area (Å²) in [4.78, 5) is 14.6. The lowest BCUT2D eigenvalue weighted by Crippen LogP contribution is -1.63. The molecule has 0 unspecified atom stereocenters. The number of aromatic amines is 2. The van der Waals surface area contributed by atoms with Crippen LogP contribution in [0.3, 0.4) is 0 Å². The van der Waals surface area contributed by atoms with Crippen LogP contribution in [0, 0.1) is 0 Å². The van der Waals surface area contributed by atoms with Crippen LogP contribution in [-0.4, -0.2) is 35.3 Å². The lowest BCUT2D eigenvalue weighted by molar-refractivity contribution is 0.959. The second-order valence-electron chi connectivity index (χ2n) is 5.43. The number of benzene rings is 2. The Bertz CT molecular complexity index is 1000. The number of thiazole rings is 1.